The van der Waals surface area contributed by atoms with Crippen molar-refractivity contribution in [1.29, 1.82) is 0 Å². The minimum absolute atomic E-state index is 0.0461. The van der Waals surface area contributed by atoms with Gasteiger partial charge in [-0.15, -0.1) is 0 Å². The van der Waals surface area contributed by atoms with Crippen molar-refractivity contribution in [3.63, 3.8) is 0 Å². The minimum Gasteiger partial charge on any atom is -0.391 e. The number of hydrogen-bond donors (Lipinski definition) is 4. The summed E-state index contributed by atoms with van der Waals surface area (Å²) >= 11 is 0. The van der Waals surface area contributed by atoms with E-state index in [2.05, 4.69) is 22.2 Å². The van der Waals surface area contributed by atoms with Gasteiger partial charge in [-0.2, -0.15) is 0 Å². The van der Waals surface area contributed by atoms with Crippen molar-refractivity contribution in [2.24, 2.45) is 17.6 Å². The van der Waals surface area contributed by atoms with E-state index in [1.54, 1.807) is 18.3 Å². The average Bonchev–Trinajstić information content (AvgIpc) is 2.88. The number of primary amides is 1. The van der Waals surface area contributed by atoms with Crippen LogP contribution < -0.4 is 11.1 Å². The molecule has 1 aromatic carbocycles. The maximum Gasteiger partial charge on any atom is 0.253 e. The Balaban J connectivity index is 1.55. The number of fused-ring (bicyclic) bond motifs is 1. The van der Waals surface area contributed by atoms with E-state index in [0.717, 1.165) is 18.4 Å². The topological polar surface area (TPSA) is 138 Å². The molecule has 36 heavy (non-hydrogen) atoms. The van der Waals surface area contributed by atoms with E-state index < -0.39 is 35.5 Å². The average molecular weight is 491 g/mol. The van der Waals surface area contributed by atoms with Gasteiger partial charge in [0.05, 0.1) is 40.3 Å². The van der Waals surface area contributed by atoms with Gasteiger partial charge in [0.25, 0.3) is 5.91 Å². The van der Waals surface area contributed by atoms with Crippen LogP contribution in [0, 0.1) is 11.8 Å². The summed E-state index contributed by atoms with van der Waals surface area (Å²) in [4.78, 5) is 34.2. The van der Waals surface area contributed by atoms with E-state index in [1.807, 2.05) is 36.4 Å². The molecule has 2 amide bonds. The fraction of sp³-hybridized carbons (Fsp3) is 0.429. The summed E-state index contributed by atoms with van der Waals surface area (Å²) in [6.07, 6.45) is 4.80. The Morgan fingerprint density at radius 3 is 2.53 bits per heavy atom. The van der Waals surface area contributed by atoms with Gasteiger partial charge < -0.3 is 21.3 Å². The van der Waals surface area contributed by atoms with Gasteiger partial charge in [0.15, 0.2) is 0 Å². The molecule has 1 aliphatic rings. The minimum atomic E-state index is -1.26. The van der Waals surface area contributed by atoms with Gasteiger partial charge in [-0.05, 0) is 68.2 Å². The molecule has 2 aromatic heterocycles. The fourth-order valence-electron chi connectivity index (χ4n) is 5.10. The fourth-order valence-corrected chi connectivity index (χ4v) is 5.10. The van der Waals surface area contributed by atoms with E-state index in [-0.39, 0.29) is 6.42 Å². The third-order valence-corrected chi connectivity index (χ3v) is 7.40. The predicted octanol–water partition coefficient (Wildman–Crippen LogP) is 2.76. The number of amides is 2. The molecule has 0 spiro atoms. The van der Waals surface area contributed by atoms with Crippen molar-refractivity contribution in [3.8, 4) is 0 Å². The molecule has 0 radical (unpaired) electrons. The van der Waals surface area contributed by atoms with Gasteiger partial charge in [-0.25, -0.2) is 0 Å². The molecule has 0 bridgehead atoms. The number of carbonyl (C=O) groups excluding carboxylic acids is 2. The van der Waals surface area contributed by atoms with E-state index in [4.69, 9.17) is 5.73 Å². The highest BCUT2D eigenvalue weighted by Gasteiger charge is 2.44. The largest absolute Gasteiger partial charge is 0.391 e. The molecule has 1 fully saturated rings. The van der Waals surface area contributed by atoms with E-state index in [9.17, 15) is 19.8 Å². The first kappa shape index (κ1) is 25.7. The van der Waals surface area contributed by atoms with Crippen LogP contribution in [0.3, 0.4) is 0 Å². The second-order valence-electron chi connectivity index (χ2n) is 10.1. The van der Waals surface area contributed by atoms with Gasteiger partial charge in [0.1, 0.15) is 0 Å². The Morgan fingerprint density at radius 1 is 1.11 bits per heavy atom. The van der Waals surface area contributed by atoms with Crippen LogP contribution in [0.5, 0.6) is 0 Å². The van der Waals surface area contributed by atoms with Gasteiger partial charge in [-0.1, -0.05) is 37.3 Å². The normalized spacial score (nSPS) is 22.5. The zero-order valence-corrected chi connectivity index (χ0v) is 20.5. The monoisotopic (exact) mass is 490 g/mol. The van der Waals surface area contributed by atoms with Crippen LogP contribution in [0.2, 0.25) is 0 Å². The summed E-state index contributed by atoms with van der Waals surface area (Å²) in [5.41, 5.74) is 6.97. The molecule has 8 heteroatoms. The number of aromatic nitrogens is 2. The van der Waals surface area contributed by atoms with Crippen LogP contribution in [-0.2, 0) is 11.2 Å². The summed E-state index contributed by atoms with van der Waals surface area (Å²) in [6.45, 7) is 2.12. The van der Waals surface area contributed by atoms with Crippen molar-refractivity contribution in [1.82, 2.24) is 15.3 Å². The Labute approximate surface area is 211 Å². The molecule has 8 nitrogen and oxygen atoms in total. The molecule has 3 atom stereocenters. The molecule has 3 unspecified atom stereocenters. The van der Waals surface area contributed by atoms with Crippen LogP contribution in [-0.4, -0.2) is 49.7 Å². The number of pyridine rings is 2. The maximum atomic E-state index is 13.2. The molecule has 190 valence electrons. The lowest BCUT2D eigenvalue weighted by molar-refractivity contribution is -0.138. The van der Waals surface area contributed by atoms with Crippen molar-refractivity contribution >= 4 is 22.8 Å². The highest BCUT2D eigenvalue weighted by atomic mass is 16.3. The van der Waals surface area contributed by atoms with Crippen LogP contribution in [0.4, 0.5) is 0 Å². The van der Waals surface area contributed by atoms with Crippen molar-refractivity contribution < 1.29 is 19.8 Å². The number of aliphatic hydroxyl groups is 2. The first-order chi connectivity index (χ1) is 17.2. The number of nitrogens with one attached hydrogen (secondary N) is 1. The number of nitrogens with two attached hydrogens (primary N) is 1. The second kappa shape index (κ2) is 11.1. The number of rotatable bonds is 9. The van der Waals surface area contributed by atoms with Gasteiger partial charge in [0, 0.05) is 12.4 Å². The lowest BCUT2D eigenvalue weighted by Gasteiger charge is -2.41. The number of nitrogens with zero attached hydrogens (tertiary/aromatic N) is 2. The van der Waals surface area contributed by atoms with Gasteiger partial charge >= 0.3 is 0 Å². The van der Waals surface area contributed by atoms with Crippen LogP contribution in [0.25, 0.3) is 11.0 Å². The molecule has 4 rings (SSSR count). The SMILES string of the molecule is CC1CCC(O)(C(CC(O)C(Cc2ccccc2)NC(=O)c2cnc3cccnc3c2)C(N)=O)CC1. The molecule has 1 saturated carbocycles. The maximum absolute atomic E-state index is 13.2. The summed E-state index contributed by atoms with van der Waals surface area (Å²) in [7, 11) is 0. The summed E-state index contributed by atoms with van der Waals surface area (Å²) < 4.78 is 0. The lowest BCUT2D eigenvalue weighted by atomic mass is 9.70. The highest BCUT2D eigenvalue weighted by Crippen LogP contribution is 2.39. The molecule has 0 aliphatic heterocycles. The molecule has 3 aromatic rings. The predicted molar refractivity (Wildman–Crippen MR) is 137 cm³/mol. The molecule has 2 heterocycles. The third kappa shape index (κ3) is 6.06. The number of hydrogen-bond acceptors (Lipinski definition) is 6. The Kier molecular flexibility index (Phi) is 7.96. The Bertz CT molecular complexity index is 1190. The van der Waals surface area contributed by atoms with Crippen LogP contribution in [0.15, 0.2) is 60.9 Å². The molecule has 0 saturated heterocycles. The van der Waals surface area contributed by atoms with Gasteiger partial charge in [-0.3, -0.25) is 19.6 Å². The first-order valence-corrected chi connectivity index (χ1v) is 12.5. The highest BCUT2D eigenvalue weighted by molar-refractivity contribution is 5.96. The zero-order chi connectivity index (χ0) is 25.7. The molecular weight excluding hydrogens is 456 g/mol. The second-order valence-corrected chi connectivity index (χ2v) is 10.1. The summed E-state index contributed by atoms with van der Waals surface area (Å²) in [6, 6.07) is 14.0. The van der Waals surface area contributed by atoms with E-state index in [1.165, 1.54) is 6.20 Å². The standard InChI is InChI=1S/C28H34N4O4/c1-18-9-11-28(36,12-10-18)21(26(29)34)16-25(33)24(14-19-6-3-2-4-7-19)32-27(35)20-15-23-22(31-17-20)8-5-13-30-23/h2-8,13,15,17-18,21,24-25,33,36H,9-12,14,16H2,1H3,(H2,29,34)(H,32,35). The number of carbonyl (C=O) groups is 2. The quantitative estimate of drug-likeness (QED) is 0.364. The molecular formula is C28H34N4O4. The molecule has 5 N–H and O–H groups in total. The Hall–Kier alpha value is -3.36. The van der Waals surface area contributed by atoms with E-state index >= 15 is 0 Å². The number of aliphatic hydroxyl groups excluding tert-OH is 1. The van der Waals surface area contributed by atoms with Gasteiger partial charge in [0.2, 0.25) is 5.91 Å². The van der Waals surface area contributed by atoms with E-state index in [0.29, 0.717) is 41.8 Å². The van der Waals surface area contributed by atoms with Crippen LogP contribution >= 0.6 is 0 Å². The summed E-state index contributed by atoms with van der Waals surface area (Å²) in [5.74, 6) is -1.49. The first-order valence-electron chi connectivity index (χ1n) is 12.5. The third-order valence-electron chi connectivity index (χ3n) is 7.40. The smallest absolute Gasteiger partial charge is 0.253 e. The zero-order valence-electron chi connectivity index (χ0n) is 20.5. The number of benzene rings is 1. The van der Waals surface area contributed by atoms with Crippen LogP contribution in [0.1, 0.15) is 54.9 Å². The lowest BCUT2D eigenvalue weighted by Crippen LogP contribution is -2.52. The Morgan fingerprint density at radius 2 is 1.83 bits per heavy atom. The summed E-state index contributed by atoms with van der Waals surface area (Å²) in [5, 5.41) is 25.5. The molecule has 1 aliphatic carbocycles. The van der Waals surface area contributed by atoms with Crippen molar-refractivity contribution in [2.45, 2.75) is 63.2 Å². The van der Waals surface area contributed by atoms with Crippen molar-refractivity contribution in [3.05, 3.63) is 72.1 Å². The van der Waals surface area contributed by atoms with Crippen molar-refractivity contribution in [2.75, 3.05) is 0 Å².